The Labute approximate surface area is 90.6 Å². The topological polar surface area (TPSA) is 32.3 Å². The summed E-state index contributed by atoms with van der Waals surface area (Å²) in [7, 11) is 1.91. The Hall–Kier alpha value is -0.220. The molecule has 0 aromatic rings. The third-order valence-corrected chi connectivity index (χ3v) is 3.43. The SMILES string of the molecule is CSCCN(C)C(=O)[C@@H]1CNC[C@H]1C. The highest BCUT2D eigenvalue weighted by Gasteiger charge is 2.31. The molecule has 82 valence electrons. The number of nitrogens with one attached hydrogen (secondary N) is 1. The lowest BCUT2D eigenvalue weighted by Crippen LogP contribution is -2.37. The molecule has 1 aliphatic rings. The van der Waals surface area contributed by atoms with E-state index in [0.717, 1.165) is 25.4 Å². The number of nitrogens with zero attached hydrogens (tertiary/aromatic N) is 1. The van der Waals surface area contributed by atoms with Gasteiger partial charge in [0, 0.05) is 25.9 Å². The molecule has 1 amide bonds. The molecular weight excluding hydrogens is 196 g/mol. The van der Waals surface area contributed by atoms with Crippen LogP contribution in [0.1, 0.15) is 6.92 Å². The van der Waals surface area contributed by atoms with Crippen LogP contribution in [0.4, 0.5) is 0 Å². The van der Waals surface area contributed by atoms with Gasteiger partial charge in [-0.3, -0.25) is 4.79 Å². The summed E-state index contributed by atoms with van der Waals surface area (Å²) in [5.41, 5.74) is 0. The average Bonchev–Trinajstić information content (AvgIpc) is 2.59. The van der Waals surface area contributed by atoms with Gasteiger partial charge < -0.3 is 10.2 Å². The van der Waals surface area contributed by atoms with E-state index in [9.17, 15) is 4.79 Å². The van der Waals surface area contributed by atoms with Gasteiger partial charge in [-0.1, -0.05) is 6.92 Å². The van der Waals surface area contributed by atoms with Crippen molar-refractivity contribution < 1.29 is 4.79 Å². The van der Waals surface area contributed by atoms with Gasteiger partial charge in [0.2, 0.25) is 5.91 Å². The first-order chi connectivity index (χ1) is 6.66. The van der Waals surface area contributed by atoms with Crippen molar-refractivity contribution in [3.63, 3.8) is 0 Å². The first-order valence-electron chi connectivity index (χ1n) is 5.11. The molecule has 0 aliphatic carbocycles. The van der Waals surface area contributed by atoms with Gasteiger partial charge in [0.05, 0.1) is 5.92 Å². The van der Waals surface area contributed by atoms with E-state index in [4.69, 9.17) is 0 Å². The van der Waals surface area contributed by atoms with Gasteiger partial charge in [-0.2, -0.15) is 11.8 Å². The Bertz CT molecular complexity index is 199. The largest absolute Gasteiger partial charge is 0.345 e. The number of hydrogen-bond acceptors (Lipinski definition) is 3. The van der Waals surface area contributed by atoms with Crippen molar-refractivity contribution in [1.82, 2.24) is 10.2 Å². The van der Waals surface area contributed by atoms with Gasteiger partial charge in [-0.05, 0) is 18.7 Å². The van der Waals surface area contributed by atoms with Crippen LogP contribution in [-0.4, -0.2) is 49.5 Å². The first kappa shape index (κ1) is 11.9. The first-order valence-corrected chi connectivity index (χ1v) is 6.50. The van der Waals surface area contributed by atoms with E-state index in [1.807, 2.05) is 11.9 Å². The minimum Gasteiger partial charge on any atom is -0.345 e. The second-order valence-electron chi connectivity index (χ2n) is 3.99. The van der Waals surface area contributed by atoms with Crippen LogP contribution < -0.4 is 5.32 Å². The molecule has 2 atom stereocenters. The number of rotatable bonds is 4. The molecule has 1 rings (SSSR count). The van der Waals surface area contributed by atoms with Crippen molar-refractivity contribution in [2.45, 2.75) is 6.92 Å². The molecule has 0 bridgehead atoms. The predicted octanol–water partition coefficient (Wildman–Crippen LogP) is 0.663. The minimum atomic E-state index is 0.196. The fourth-order valence-electron chi connectivity index (χ4n) is 1.76. The van der Waals surface area contributed by atoms with E-state index in [2.05, 4.69) is 18.5 Å². The maximum absolute atomic E-state index is 11.9. The maximum Gasteiger partial charge on any atom is 0.227 e. The van der Waals surface area contributed by atoms with E-state index >= 15 is 0 Å². The molecule has 1 fully saturated rings. The fraction of sp³-hybridized carbons (Fsp3) is 0.900. The second-order valence-corrected chi connectivity index (χ2v) is 4.98. The molecule has 0 unspecified atom stereocenters. The van der Waals surface area contributed by atoms with Crippen LogP contribution in [0.25, 0.3) is 0 Å². The molecule has 0 saturated carbocycles. The van der Waals surface area contributed by atoms with Crippen LogP contribution in [0.5, 0.6) is 0 Å². The Morgan fingerprint density at radius 3 is 2.79 bits per heavy atom. The zero-order valence-electron chi connectivity index (χ0n) is 9.25. The van der Waals surface area contributed by atoms with Crippen LogP contribution in [0.3, 0.4) is 0 Å². The van der Waals surface area contributed by atoms with Crippen LogP contribution in [-0.2, 0) is 4.79 Å². The second kappa shape index (κ2) is 5.61. The predicted molar refractivity (Wildman–Crippen MR) is 61.5 cm³/mol. The molecule has 0 radical (unpaired) electrons. The van der Waals surface area contributed by atoms with E-state index in [0.29, 0.717) is 11.8 Å². The van der Waals surface area contributed by atoms with Crippen molar-refractivity contribution in [1.29, 1.82) is 0 Å². The van der Waals surface area contributed by atoms with Crippen LogP contribution >= 0.6 is 11.8 Å². The highest BCUT2D eigenvalue weighted by molar-refractivity contribution is 7.98. The lowest BCUT2D eigenvalue weighted by Gasteiger charge is -2.22. The molecule has 1 heterocycles. The van der Waals surface area contributed by atoms with Crippen molar-refractivity contribution in [3.8, 4) is 0 Å². The summed E-state index contributed by atoms with van der Waals surface area (Å²) in [6, 6.07) is 0. The molecule has 1 saturated heterocycles. The third-order valence-electron chi connectivity index (χ3n) is 2.84. The van der Waals surface area contributed by atoms with Gasteiger partial charge in [0.1, 0.15) is 0 Å². The normalized spacial score (nSPS) is 26.5. The molecule has 1 N–H and O–H groups in total. The van der Waals surface area contributed by atoms with Gasteiger partial charge in [0.25, 0.3) is 0 Å². The summed E-state index contributed by atoms with van der Waals surface area (Å²) < 4.78 is 0. The fourth-order valence-corrected chi connectivity index (χ4v) is 2.22. The summed E-state index contributed by atoms with van der Waals surface area (Å²) >= 11 is 1.78. The molecule has 1 aliphatic heterocycles. The standard InChI is InChI=1S/C10H20N2OS/c1-8-6-11-7-9(8)10(13)12(2)4-5-14-3/h8-9,11H,4-7H2,1-3H3/t8-,9-/m1/s1. The molecule has 0 aromatic carbocycles. The summed E-state index contributed by atoms with van der Waals surface area (Å²) in [5, 5.41) is 3.26. The van der Waals surface area contributed by atoms with E-state index in [-0.39, 0.29) is 5.92 Å². The quantitative estimate of drug-likeness (QED) is 0.749. The zero-order valence-corrected chi connectivity index (χ0v) is 10.1. The molecule has 14 heavy (non-hydrogen) atoms. The number of carbonyl (C=O) groups is 1. The number of carbonyl (C=O) groups excluding carboxylic acids is 1. The van der Waals surface area contributed by atoms with Crippen LogP contribution in [0, 0.1) is 11.8 Å². The summed E-state index contributed by atoms with van der Waals surface area (Å²) in [6.07, 6.45) is 2.07. The summed E-state index contributed by atoms with van der Waals surface area (Å²) in [5.74, 6) is 2.01. The van der Waals surface area contributed by atoms with Crippen molar-refractivity contribution in [3.05, 3.63) is 0 Å². The van der Waals surface area contributed by atoms with Gasteiger partial charge in [-0.25, -0.2) is 0 Å². The highest BCUT2D eigenvalue weighted by Crippen LogP contribution is 2.17. The number of hydrogen-bond donors (Lipinski definition) is 1. The molecule has 3 nitrogen and oxygen atoms in total. The minimum absolute atomic E-state index is 0.196. The van der Waals surface area contributed by atoms with Gasteiger partial charge >= 0.3 is 0 Å². The van der Waals surface area contributed by atoms with Crippen molar-refractivity contribution in [2.24, 2.45) is 11.8 Å². The van der Waals surface area contributed by atoms with E-state index in [1.54, 1.807) is 11.8 Å². The number of amides is 1. The maximum atomic E-state index is 11.9. The Morgan fingerprint density at radius 1 is 1.57 bits per heavy atom. The molecule has 4 heteroatoms. The Kier molecular flexibility index (Phi) is 4.75. The monoisotopic (exact) mass is 216 g/mol. The van der Waals surface area contributed by atoms with Crippen molar-refractivity contribution in [2.75, 3.05) is 38.7 Å². The Balaban J connectivity index is 2.39. The molecule has 0 spiro atoms. The number of thioether (sulfide) groups is 1. The lowest BCUT2D eigenvalue weighted by molar-refractivity contribution is -0.134. The van der Waals surface area contributed by atoms with Crippen LogP contribution in [0.15, 0.2) is 0 Å². The van der Waals surface area contributed by atoms with Gasteiger partial charge in [-0.15, -0.1) is 0 Å². The summed E-state index contributed by atoms with van der Waals surface area (Å²) in [4.78, 5) is 13.8. The molecule has 0 aromatic heterocycles. The van der Waals surface area contributed by atoms with Gasteiger partial charge in [0.15, 0.2) is 0 Å². The zero-order chi connectivity index (χ0) is 10.6. The highest BCUT2D eigenvalue weighted by atomic mass is 32.2. The average molecular weight is 216 g/mol. The Morgan fingerprint density at radius 2 is 2.29 bits per heavy atom. The molecular formula is C10H20N2OS. The summed E-state index contributed by atoms with van der Waals surface area (Å²) in [6.45, 7) is 4.84. The van der Waals surface area contributed by atoms with E-state index in [1.165, 1.54) is 0 Å². The lowest BCUT2D eigenvalue weighted by atomic mass is 9.97. The smallest absolute Gasteiger partial charge is 0.227 e. The van der Waals surface area contributed by atoms with Crippen LogP contribution in [0.2, 0.25) is 0 Å². The third kappa shape index (κ3) is 2.89. The van der Waals surface area contributed by atoms with Crippen molar-refractivity contribution >= 4 is 17.7 Å². The van der Waals surface area contributed by atoms with E-state index < -0.39 is 0 Å².